The van der Waals surface area contributed by atoms with Crippen LogP contribution in [0.1, 0.15) is 22.0 Å². The van der Waals surface area contributed by atoms with Gasteiger partial charge < -0.3 is 10.1 Å². The van der Waals surface area contributed by atoms with Gasteiger partial charge in [-0.05, 0) is 64.1 Å². The summed E-state index contributed by atoms with van der Waals surface area (Å²) in [6, 6.07) is 6.75. The molecule has 0 saturated heterocycles. The molecule has 0 bridgehead atoms. The Labute approximate surface area is 139 Å². The number of thiophene rings is 1. The first-order valence-corrected chi connectivity index (χ1v) is 9.00. The van der Waals surface area contributed by atoms with Crippen molar-refractivity contribution in [1.29, 1.82) is 0 Å². The fourth-order valence-electron chi connectivity index (χ4n) is 2.60. The van der Waals surface area contributed by atoms with Crippen LogP contribution in [-0.4, -0.2) is 13.7 Å². The largest absolute Gasteiger partial charge is 0.493 e. The van der Waals surface area contributed by atoms with Gasteiger partial charge in [-0.2, -0.15) is 0 Å². The lowest BCUT2D eigenvalue weighted by atomic mass is 10.0. The molecule has 0 aliphatic carbocycles. The molecule has 1 N–H and O–H groups in total. The number of nitrogens with one attached hydrogen (secondary N) is 1. The van der Waals surface area contributed by atoms with E-state index in [9.17, 15) is 0 Å². The number of rotatable bonds is 4. The summed E-state index contributed by atoms with van der Waals surface area (Å²) in [6.07, 6.45) is 1.94. The van der Waals surface area contributed by atoms with E-state index < -0.39 is 0 Å². The van der Waals surface area contributed by atoms with Gasteiger partial charge in [-0.15, -0.1) is 11.3 Å². The van der Waals surface area contributed by atoms with Gasteiger partial charge in [0.2, 0.25) is 0 Å². The maximum atomic E-state index is 5.82. The van der Waals surface area contributed by atoms with Gasteiger partial charge in [0.15, 0.2) is 0 Å². The fraction of sp³-hybridized carbons (Fsp3) is 0.333. The molecule has 0 amide bonds. The number of hydrogen-bond acceptors (Lipinski definition) is 3. The minimum Gasteiger partial charge on any atom is -0.493 e. The predicted octanol–water partition coefficient (Wildman–Crippen LogP) is 4.71. The van der Waals surface area contributed by atoms with Crippen LogP contribution in [0.2, 0.25) is 0 Å². The van der Waals surface area contributed by atoms with Crippen LogP contribution in [0.3, 0.4) is 0 Å². The molecule has 2 aromatic rings. The average Bonchev–Trinajstić information content (AvgIpc) is 3.04. The third-order valence-corrected chi connectivity index (χ3v) is 6.00. The monoisotopic (exact) mass is 415 g/mol. The fourth-order valence-corrected chi connectivity index (χ4v) is 4.91. The van der Waals surface area contributed by atoms with Crippen molar-refractivity contribution in [2.45, 2.75) is 18.9 Å². The minimum atomic E-state index is 0.298. The average molecular weight is 417 g/mol. The topological polar surface area (TPSA) is 21.3 Å². The van der Waals surface area contributed by atoms with Gasteiger partial charge in [0.1, 0.15) is 5.75 Å². The first-order chi connectivity index (χ1) is 9.69. The molecule has 2 heterocycles. The number of fused-ring (bicyclic) bond motifs is 1. The Bertz CT molecular complexity index is 626. The molecule has 0 saturated carbocycles. The van der Waals surface area contributed by atoms with Crippen LogP contribution >= 0.6 is 43.2 Å². The molecule has 1 aromatic heterocycles. The summed E-state index contributed by atoms with van der Waals surface area (Å²) >= 11 is 9.01. The van der Waals surface area contributed by atoms with Gasteiger partial charge in [-0.25, -0.2) is 0 Å². The molecule has 1 atom stereocenters. The highest BCUT2D eigenvalue weighted by atomic mass is 79.9. The highest BCUT2D eigenvalue weighted by Gasteiger charge is 2.21. The molecule has 0 spiro atoms. The SMILES string of the molecule is CNC(Cc1cc(Br)cc2c1OCC2)c1sccc1Br. The zero-order valence-corrected chi connectivity index (χ0v) is 15.1. The van der Waals surface area contributed by atoms with Crippen molar-refractivity contribution in [2.24, 2.45) is 0 Å². The van der Waals surface area contributed by atoms with Crippen LogP contribution in [0.4, 0.5) is 0 Å². The summed E-state index contributed by atoms with van der Waals surface area (Å²) in [7, 11) is 2.01. The second-order valence-electron chi connectivity index (χ2n) is 4.83. The highest BCUT2D eigenvalue weighted by Crippen LogP contribution is 2.37. The quantitative estimate of drug-likeness (QED) is 0.778. The van der Waals surface area contributed by atoms with Gasteiger partial charge >= 0.3 is 0 Å². The van der Waals surface area contributed by atoms with E-state index in [0.29, 0.717) is 6.04 Å². The van der Waals surface area contributed by atoms with Crippen molar-refractivity contribution in [2.75, 3.05) is 13.7 Å². The zero-order valence-electron chi connectivity index (χ0n) is 11.1. The standard InChI is InChI=1S/C15H15Br2NOS/c1-18-13(15-12(17)3-5-20-15)8-10-7-11(16)6-9-2-4-19-14(9)10/h3,5-7,13,18H,2,4,8H2,1H3. The number of benzene rings is 1. The van der Waals surface area contributed by atoms with E-state index in [4.69, 9.17) is 4.74 Å². The predicted molar refractivity (Wildman–Crippen MR) is 90.9 cm³/mol. The van der Waals surface area contributed by atoms with Crippen molar-refractivity contribution in [3.63, 3.8) is 0 Å². The molecule has 1 unspecified atom stereocenters. The maximum absolute atomic E-state index is 5.82. The molecule has 3 rings (SSSR count). The molecule has 5 heteroatoms. The Morgan fingerprint density at radius 2 is 2.25 bits per heavy atom. The molecule has 0 fully saturated rings. The Morgan fingerprint density at radius 3 is 2.95 bits per heavy atom. The molecule has 0 radical (unpaired) electrons. The molecular weight excluding hydrogens is 402 g/mol. The lowest BCUT2D eigenvalue weighted by Gasteiger charge is -2.17. The van der Waals surface area contributed by atoms with Crippen LogP contribution in [0.15, 0.2) is 32.5 Å². The molecule has 1 aliphatic heterocycles. The van der Waals surface area contributed by atoms with Gasteiger partial charge in [0, 0.05) is 26.3 Å². The van der Waals surface area contributed by atoms with Gasteiger partial charge in [-0.1, -0.05) is 15.9 Å². The lowest BCUT2D eigenvalue weighted by Crippen LogP contribution is -2.18. The summed E-state index contributed by atoms with van der Waals surface area (Å²) in [5, 5.41) is 5.53. The Morgan fingerprint density at radius 1 is 1.40 bits per heavy atom. The van der Waals surface area contributed by atoms with Crippen LogP contribution in [-0.2, 0) is 12.8 Å². The number of halogens is 2. The van der Waals surface area contributed by atoms with Crippen molar-refractivity contribution >= 4 is 43.2 Å². The highest BCUT2D eigenvalue weighted by molar-refractivity contribution is 9.10. The molecular formula is C15H15Br2NOS. The van der Waals surface area contributed by atoms with Crippen LogP contribution in [0.5, 0.6) is 5.75 Å². The third-order valence-electron chi connectivity index (χ3n) is 3.56. The summed E-state index contributed by atoms with van der Waals surface area (Å²) < 4.78 is 8.13. The molecule has 106 valence electrons. The Hall–Kier alpha value is -0.360. The van der Waals surface area contributed by atoms with Crippen molar-refractivity contribution in [3.8, 4) is 5.75 Å². The summed E-state index contributed by atoms with van der Waals surface area (Å²) in [5.74, 6) is 1.08. The zero-order chi connectivity index (χ0) is 14.1. The Kier molecular flexibility index (Phi) is 4.50. The van der Waals surface area contributed by atoms with E-state index in [0.717, 1.165) is 29.7 Å². The smallest absolute Gasteiger partial charge is 0.125 e. The Balaban J connectivity index is 1.92. The first kappa shape index (κ1) is 14.6. The van der Waals surface area contributed by atoms with Crippen LogP contribution in [0, 0.1) is 0 Å². The maximum Gasteiger partial charge on any atom is 0.125 e. The van der Waals surface area contributed by atoms with Crippen molar-refractivity contribution in [3.05, 3.63) is 48.5 Å². The summed E-state index contributed by atoms with van der Waals surface area (Å²) in [4.78, 5) is 1.33. The summed E-state index contributed by atoms with van der Waals surface area (Å²) in [6.45, 7) is 0.797. The molecule has 20 heavy (non-hydrogen) atoms. The van der Waals surface area contributed by atoms with E-state index in [-0.39, 0.29) is 0 Å². The molecule has 1 aromatic carbocycles. The number of ether oxygens (including phenoxy) is 1. The molecule has 2 nitrogen and oxygen atoms in total. The second kappa shape index (κ2) is 6.18. The van der Waals surface area contributed by atoms with E-state index in [1.165, 1.54) is 20.5 Å². The minimum absolute atomic E-state index is 0.298. The van der Waals surface area contributed by atoms with Gasteiger partial charge in [-0.3, -0.25) is 0 Å². The van der Waals surface area contributed by atoms with Crippen LogP contribution < -0.4 is 10.1 Å². The first-order valence-electron chi connectivity index (χ1n) is 6.53. The number of hydrogen-bond donors (Lipinski definition) is 1. The van der Waals surface area contributed by atoms with Gasteiger partial charge in [0.05, 0.1) is 6.61 Å². The van der Waals surface area contributed by atoms with Gasteiger partial charge in [0.25, 0.3) is 0 Å². The molecule has 1 aliphatic rings. The van der Waals surface area contributed by atoms with Crippen LogP contribution in [0.25, 0.3) is 0 Å². The van der Waals surface area contributed by atoms with E-state index in [1.54, 1.807) is 11.3 Å². The summed E-state index contributed by atoms with van der Waals surface area (Å²) in [5.41, 5.74) is 2.58. The lowest BCUT2D eigenvalue weighted by molar-refractivity contribution is 0.352. The second-order valence-corrected chi connectivity index (χ2v) is 7.55. The van der Waals surface area contributed by atoms with Crippen molar-refractivity contribution < 1.29 is 4.74 Å². The van der Waals surface area contributed by atoms with E-state index in [1.807, 2.05) is 7.05 Å². The van der Waals surface area contributed by atoms with E-state index >= 15 is 0 Å². The third kappa shape index (κ3) is 2.82. The van der Waals surface area contributed by atoms with Crippen molar-refractivity contribution in [1.82, 2.24) is 5.32 Å². The van der Waals surface area contributed by atoms with E-state index in [2.05, 4.69) is 60.8 Å². The normalized spacial score (nSPS) is 14.9. The number of likely N-dealkylation sites (N-methyl/N-ethyl adjacent to an activating group) is 1.